The number of aryl methyl sites for hydroxylation is 1. The van der Waals surface area contributed by atoms with Gasteiger partial charge in [-0.1, -0.05) is 19.3 Å². The van der Waals surface area contributed by atoms with Crippen molar-refractivity contribution in [3.63, 3.8) is 0 Å². The van der Waals surface area contributed by atoms with Crippen LogP contribution in [-0.2, 0) is 6.54 Å². The van der Waals surface area contributed by atoms with E-state index in [4.69, 9.17) is 0 Å². The lowest BCUT2D eigenvalue weighted by Crippen LogP contribution is -2.34. The lowest BCUT2D eigenvalue weighted by molar-refractivity contribution is 0.427. The summed E-state index contributed by atoms with van der Waals surface area (Å²) in [4.78, 5) is 6.89. The van der Waals surface area contributed by atoms with Crippen LogP contribution in [0.3, 0.4) is 0 Å². The van der Waals surface area contributed by atoms with E-state index in [9.17, 15) is 0 Å². The molecule has 0 unspecified atom stereocenters. The highest BCUT2D eigenvalue weighted by molar-refractivity contribution is 5.53. The van der Waals surface area contributed by atoms with E-state index in [1.807, 2.05) is 13.2 Å². The first kappa shape index (κ1) is 13.3. The van der Waals surface area contributed by atoms with Crippen LogP contribution in [0.2, 0.25) is 0 Å². The number of nitrogens with one attached hydrogen (secondary N) is 1. The molecule has 0 aliphatic heterocycles. The average Bonchev–Trinajstić information content (AvgIpc) is 2.41. The van der Waals surface area contributed by atoms with E-state index < -0.39 is 0 Å². The van der Waals surface area contributed by atoms with E-state index in [-0.39, 0.29) is 0 Å². The summed E-state index contributed by atoms with van der Waals surface area (Å²) >= 11 is 0. The second-order valence-corrected chi connectivity index (χ2v) is 5.39. The molecule has 1 heterocycles. The molecule has 100 valence electrons. The van der Waals surface area contributed by atoms with E-state index in [0.29, 0.717) is 6.04 Å². The third-order valence-corrected chi connectivity index (χ3v) is 3.97. The quantitative estimate of drug-likeness (QED) is 0.886. The summed E-state index contributed by atoms with van der Waals surface area (Å²) in [6.07, 6.45) is 8.83. The molecule has 18 heavy (non-hydrogen) atoms. The van der Waals surface area contributed by atoms with Crippen LogP contribution in [0, 0.1) is 6.92 Å². The maximum absolute atomic E-state index is 4.42. The summed E-state index contributed by atoms with van der Waals surface area (Å²) in [7, 11) is 4.23. The summed E-state index contributed by atoms with van der Waals surface area (Å²) in [5.74, 6) is 0. The zero-order chi connectivity index (χ0) is 13.0. The van der Waals surface area contributed by atoms with Gasteiger partial charge in [0.2, 0.25) is 0 Å². The molecule has 0 radical (unpaired) electrons. The number of rotatable bonds is 4. The minimum Gasteiger partial charge on any atom is -0.371 e. The van der Waals surface area contributed by atoms with E-state index in [0.717, 1.165) is 12.2 Å². The summed E-state index contributed by atoms with van der Waals surface area (Å²) in [6, 6.07) is 2.93. The van der Waals surface area contributed by atoms with Gasteiger partial charge in [-0.25, -0.2) is 0 Å². The number of anilines is 1. The topological polar surface area (TPSA) is 28.2 Å². The maximum Gasteiger partial charge on any atom is 0.0445 e. The Bertz CT molecular complexity index is 383. The lowest BCUT2D eigenvalue weighted by atomic mass is 9.94. The molecule has 1 aromatic heterocycles. The molecule has 3 heteroatoms. The molecule has 1 N–H and O–H groups in total. The lowest BCUT2D eigenvalue weighted by Gasteiger charge is -2.34. The molecular weight excluding hydrogens is 222 g/mol. The molecule has 1 saturated carbocycles. The largest absolute Gasteiger partial charge is 0.371 e. The van der Waals surface area contributed by atoms with Crippen LogP contribution in [0.15, 0.2) is 12.3 Å². The smallest absolute Gasteiger partial charge is 0.0445 e. The van der Waals surface area contributed by atoms with Gasteiger partial charge >= 0.3 is 0 Å². The number of nitrogens with zero attached hydrogens (tertiary/aromatic N) is 2. The number of pyridine rings is 1. The van der Waals surface area contributed by atoms with Gasteiger partial charge in [0, 0.05) is 42.8 Å². The Balaban J connectivity index is 2.21. The van der Waals surface area contributed by atoms with Gasteiger partial charge in [0.05, 0.1) is 0 Å². The highest BCUT2D eigenvalue weighted by Crippen LogP contribution is 2.28. The van der Waals surface area contributed by atoms with Gasteiger partial charge < -0.3 is 10.2 Å². The summed E-state index contributed by atoms with van der Waals surface area (Å²) in [5, 5.41) is 3.23. The Kier molecular flexibility index (Phi) is 4.59. The van der Waals surface area contributed by atoms with Crippen LogP contribution in [0.1, 0.15) is 43.4 Å². The third kappa shape index (κ3) is 3.02. The maximum atomic E-state index is 4.42. The Morgan fingerprint density at radius 2 is 2.06 bits per heavy atom. The molecule has 1 fully saturated rings. The SMILES string of the molecule is CNCc1cnc(C)cc1N(C)C1CCCCC1. The fourth-order valence-electron chi connectivity index (χ4n) is 2.89. The number of hydrogen-bond donors (Lipinski definition) is 1. The molecule has 2 rings (SSSR count). The molecule has 0 aromatic carbocycles. The average molecular weight is 247 g/mol. The molecule has 0 spiro atoms. The first-order valence-electron chi connectivity index (χ1n) is 7.05. The van der Waals surface area contributed by atoms with E-state index in [1.165, 1.54) is 43.4 Å². The molecular formula is C15H25N3. The standard InChI is InChI=1S/C15H25N3/c1-12-9-15(13(10-16-2)11-17-12)18(3)14-7-5-4-6-8-14/h9,11,14,16H,4-8,10H2,1-3H3. The molecule has 1 aliphatic carbocycles. The van der Waals surface area contributed by atoms with Crippen molar-refractivity contribution in [2.24, 2.45) is 0 Å². The molecule has 3 nitrogen and oxygen atoms in total. The van der Waals surface area contributed by atoms with Crippen LogP contribution in [0.5, 0.6) is 0 Å². The van der Waals surface area contributed by atoms with Crippen molar-refractivity contribution in [2.45, 2.75) is 51.6 Å². The van der Waals surface area contributed by atoms with Crippen LogP contribution < -0.4 is 10.2 Å². The van der Waals surface area contributed by atoms with Crippen molar-refractivity contribution in [1.82, 2.24) is 10.3 Å². The zero-order valence-corrected chi connectivity index (χ0v) is 11.9. The Labute approximate surface area is 111 Å². The Morgan fingerprint density at radius 1 is 1.33 bits per heavy atom. The van der Waals surface area contributed by atoms with Crippen molar-refractivity contribution in [3.05, 3.63) is 23.5 Å². The van der Waals surface area contributed by atoms with E-state index in [2.05, 4.69) is 35.2 Å². The highest BCUT2D eigenvalue weighted by atomic mass is 15.1. The number of hydrogen-bond acceptors (Lipinski definition) is 3. The Morgan fingerprint density at radius 3 is 2.72 bits per heavy atom. The van der Waals surface area contributed by atoms with Crippen molar-refractivity contribution < 1.29 is 0 Å². The molecule has 0 atom stereocenters. The van der Waals surface area contributed by atoms with Crippen LogP contribution >= 0.6 is 0 Å². The number of aromatic nitrogens is 1. The fourth-order valence-corrected chi connectivity index (χ4v) is 2.89. The van der Waals surface area contributed by atoms with Gasteiger partial charge in [-0.05, 0) is 32.9 Å². The highest BCUT2D eigenvalue weighted by Gasteiger charge is 2.20. The zero-order valence-electron chi connectivity index (χ0n) is 11.9. The summed E-state index contributed by atoms with van der Waals surface area (Å²) in [5.41, 5.74) is 3.76. The van der Waals surface area contributed by atoms with E-state index in [1.54, 1.807) is 0 Å². The first-order chi connectivity index (χ1) is 8.72. The monoisotopic (exact) mass is 247 g/mol. The van der Waals surface area contributed by atoms with Crippen LogP contribution in [-0.4, -0.2) is 25.1 Å². The molecule has 1 aromatic rings. The van der Waals surface area contributed by atoms with Gasteiger partial charge in [0.25, 0.3) is 0 Å². The van der Waals surface area contributed by atoms with E-state index >= 15 is 0 Å². The normalized spacial score (nSPS) is 16.8. The summed E-state index contributed by atoms with van der Waals surface area (Å²) < 4.78 is 0. The van der Waals surface area contributed by atoms with Gasteiger partial charge in [0.15, 0.2) is 0 Å². The molecule has 0 bridgehead atoms. The van der Waals surface area contributed by atoms with Crippen LogP contribution in [0.25, 0.3) is 0 Å². The second kappa shape index (κ2) is 6.19. The predicted molar refractivity (Wildman–Crippen MR) is 77.0 cm³/mol. The minimum absolute atomic E-state index is 0.705. The fraction of sp³-hybridized carbons (Fsp3) is 0.667. The van der Waals surface area contributed by atoms with Crippen molar-refractivity contribution in [2.75, 3.05) is 19.0 Å². The van der Waals surface area contributed by atoms with Gasteiger partial charge in [-0.3, -0.25) is 4.98 Å². The van der Waals surface area contributed by atoms with Gasteiger partial charge in [0.1, 0.15) is 0 Å². The van der Waals surface area contributed by atoms with Crippen molar-refractivity contribution >= 4 is 5.69 Å². The molecule has 0 saturated heterocycles. The van der Waals surface area contributed by atoms with Crippen molar-refractivity contribution in [3.8, 4) is 0 Å². The molecule has 1 aliphatic rings. The Hall–Kier alpha value is -1.09. The van der Waals surface area contributed by atoms with Crippen molar-refractivity contribution in [1.29, 1.82) is 0 Å². The van der Waals surface area contributed by atoms with Gasteiger partial charge in [-0.15, -0.1) is 0 Å². The summed E-state index contributed by atoms with van der Waals surface area (Å²) in [6.45, 7) is 2.96. The predicted octanol–water partition coefficient (Wildman–Crippen LogP) is 2.88. The van der Waals surface area contributed by atoms with Gasteiger partial charge in [-0.2, -0.15) is 0 Å². The third-order valence-electron chi connectivity index (χ3n) is 3.97. The minimum atomic E-state index is 0.705. The second-order valence-electron chi connectivity index (χ2n) is 5.39. The van der Waals surface area contributed by atoms with Crippen LogP contribution in [0.4, 0.5) is 5.69 Å². The first-order valence-corrected chi connectivity index (χ1v) is 7.05. The molecule has 0 amide bonds.